The first kappa shape index (κ1) is 36.4. The summed E-state index contributed by atoms with van der Waals surface area (Å²) < 4.78 is 29.6. The van der Waals surface area contributed by atoms with E-state index in [1.807, 2.05) is 0 Å². The number of halogens is 3. The van der Waals surface area contributed by atoms with E-state index in [4.69, 9.17) is 23.0 Å². The van der Waals surface area contributed by atoms with Crippen molar-refractivity contribution in [1.82, 2.24) is 15.2 Å². The molecule has 1 heterocycles. The molecule has 0 unspecified atom stereocenters. The number of nitrogens with two attached hydrogens (primary N) is 1. The van der Waals surface area contributed by atoms with E-state index in [0.29, 0.717) is 17.2 Å². The van der Waals surface area contributed by atoms with Gasteiger partial charge in [-0.3, -0.25) is 15.3 Å². The van der Waals surface area contributed by atoms with Gasteiger partial charge in [-0.25, -0.2) is 20.3 Å². The van der Waals surface area contributed by atoms with Gasteiger partial charge in [-0.2, -0.15) is 10.4 Å². The number of nitrogens with one attached hydrogen (secondary N) is 2. The Hall–Kier alpha value is -4.19. The second-order valence-electron chi connectivity index (χ2n) is 6.05. The molecule has 0 amide bonds. The quantitative estimate of drug-likeness (QED) is 0.246. The average Bonchev–Trinajstić information content (AvgIpc) is 3.29. The molecule has 0 bridgehead atoms. The maximum absolute atomic E-state index is 12.6. The zero-order valence-corrected chi connectivity index (χ0v) is 18.9. The largest absolute Gasteiger partial charge is 0.481 e. The Morgan fingerprint density at radius 1 is 1.17 bits per heavy atom. The summed E-state index contributed by atoms with van der Waals surface area (Å²) in [5.74, 6) is 0.235. The Kier molecular flexibility index (Phi) is 20.4. The van der Waals surface area contributed by atoms with Crippen LogP contribution in [0.1, 0.15) is 32.7 Å². The van der Waals surface area contributed by atoms with E-state index in [9.17, 15) is 13.6 Å². The number of methoxy groups -OCH3 is 1. The van der Waals surface area contributed by atoms with Crippen LogP contribution in [0.15, 0.2) is 48.5 Å². The number of H-pyrrole nitrogens is 1. The van der Waals surface area contributed by atoms with Crippen LogP contribution < -0.4 is 5.73 Å². The van der Waals surface area contributed by atoms with Crippen molar-refractivity contribution in [3.05, 3.63) is 83.0 Å². The zero-order chi connectivity index (χ0) is 24.6. The highest BCUT2D eigenvalue weighted by atomic mass is 35.5. The first-order chi connectivity index (χ1) is 15.8. The third-order valence-electron chi connectivity index (χ3n) is 3.68. The molecule has 1 aromatic heterocycles. The minimum absolute atomic E-state index is 0. The normalized spacial score (nSPS) is 8.39. The van der Waals surface area contributed by atoms with Crippen molar-refractivity contribution >= 4 is 24.1 Å². The number of Topliss-reactive ketones (excluding diaryl/α,β-unsaturated/α-hetero) is 1. The van der Waals surface area contributed by atoms with Crippen LogP contribution in [0.4, 0.5) is 8.78 Å². The lowest BCUT2D eigenvalue weighted by molar-refractivity contribution is -0.116. The van der Waals surface area contributed by atoms with Gasteiger partial charge < -0.3 is 15.3 Å². The highest BCUT2D eigenvalue weighted by molar-refractivity contribution is 5.91. The van der Waals surface area contributed by atoms with Gasteiger partial charge in [-0.1, -0.05) is 14.9 Å². The first-order valence-electron chi connectivity index (χ1n) is 9.32. The lowest BCUT2D eigenvalue weighted by atomic mass is 10.2. The van der Waals surface area contributed by atoms with Gasteiger partial charge >= 0.3 is 0 Å². The molecule has 0 saturated heterocycles. The van der Waals surface area contributed by atoms with Gasteiger partial charge in [0.05, 0.1) is 26.1 Å². The van der Waals surface area contributed by atoms with E-state index < -0.39 is 0 Å². The van der Waals surface area contributed by atoms with Crippen molar-refractivity contribution in [3.8, 4) is 17.5 Å². The minimum atomic E-state index is -0.308. The Balaban J connectivity index is -0.000000465. The van der Waals surface area contributed by atoms with Crippen LogP contribution in [0.25, 0.3) is 16.2 Å². The van der Waals surface area contributed by atoms with E-state index in [0.717, 1.165) is 5.56 Å². The van der Waals surface area contributed by atoms with Gasteiger partial charge in [0.2, 0.25) is 11.7 Å². The van der Waals surface area contributed by atoms with Gasteiger partial charge in [0.15, 0.2) is 11.6 Å². The second-order valence-corrected chi connectivity index (χ2v) is 6.05. The number of nitriles is 1. The number of aromatic amines is 1. The lowest BCUT2D eigenvalue weighted by Crippen LogP contribution is -2.11. The lowest BCUT2D eigenvalue weighted by Gasteiger charge is -2.00. The molecule has 0 fully saturated rings. The number of nitrogens with zero attached hydrogens (tertiary/aromatic N) is 4. The van der Waals surface area contributed by atoms with Crippen LogP contribution in [0, 0.1) is 34.9 Å². The van der Waals surface area contributed by atoms with Crippen molar-refractivity contribution in [2.45, 2.75) is 27.8 Å². The van der Waals surface area contributed by atoms with Crippen molar-refractivity contribution < 1.29 is 18.3 Å². The summed E-state index contributed by atoms with van der Waals surface area (Å²) in [6, 6.07) is 13.2. The smallest absolute Gasteiger partial charge is 0.272 e. The molecular weight excluding hydrogens is 492 g/mol. The number of carbonyl (C=O) groups is 1. The predicted molar refractivity (Wildman–Crippen MR) is 137 cm³/mol. The van der Waals surface area contributed by atoms with Crippen LogP contribution in [0.2, 0.25) is 0 Å². The third kappa shape index (κ3) is 13.5. The molecule has 2 aromatic carbocycles. The molecule has 0 aliphatic heterocycles. The Morgan fingerprint density at radius 3 is 2.11 bits per heavy atom. The van der Waals surface area contributed by atoms with Gasteiger partial charge in [0.1, 0.15) is 11.6 Å². The summed E-state index contributed by atoms with van der Waals surface area (Å²) in [5.41, 5.74) is 6.16. The molecule has 0 aliphatic carbocycles. The molecule has 4 N–H and O–H groups in total. The fourth-order valence-corrected chi connectivity index (χ4v) is 2.05. The Morgan fingerprint density at radius 2 is 1.69 bits per heavy atom. The molecule has 9 nitrogen and oxygen atoms in total. The number of ketones is 1. The summed E-state index contributed by atoms with van der Waals surface area (Å²) in [4.78, 5) is 17.3. The van der Waals surface area contributed by atoms with E-state index in [2.05, 4.69) is 24.8 Å². The fourth-order valence-electron chi connectivity index (χ4n) is 2.05. The van der Waals surface area contributed by atoms with Crippen molar-refractivity contribution in [2.75, 3.05) is 13.7 Å². The maximum atomic E-state index is 12.6. The standard InChI is InChI=1S/C10H7FN4.C8H8FNO.C4H6N2O.2CH4.ClH/c1-12-6-9-13-10(15-14-9)7-2-4-8(11)5-3-7;1-11-8(10)6-2-4-7(9)5-3-6;5-2-1-4(7)3-6;;;/h2-5H,6H2,(H,13,14,15);2-5,10H,1H3;1,3,6H2;2*1H4;1H. The molecule has 3 rings (SSSR count). The molecule has 0 saturated carbocycles. The van der Waals surface area contributed by atoms with Crippen LogP contribution in [-0.2, 0) is 16.1 Å². The van der Waals surface area contributed by atoms with E-state index in [1.54, 1.807) is 18.2 Å². The molecule has 36 heavy (non-hydrogen) atoms. The number of aromatic nitrogens is 3. The number of carbonyl (C=O) groups excluding carboxylic acids is 1. The molecule has 0 atom stereocenters. The Bertz CT molecular complexity index is 1120. The van der Waals surface area contributed by atoms with Crippen LogP contribution in [-0.4, -0.2) is 40.5 Å². The van der Waals surface area contributed by atoms with Gasteiger partial charge in [0.25, 0.3) is 6.54 Å². The summed E-state index contributed by atoms with van der Waals surface area (Å²) >= 11 is 0. The van der Waals surface area contributed by atoms with E-state index >= 15 is 0 Å². The van der Waals surface area contributed by atoms with E-state index in [1.165, 1.54) is 43.5 Å². The van der Waals surface area contributed by atoms with Crippen molar-refractivity contribution in [2.24, 2.45) is 5.73 Å². The summed E-state index contributed by atoms with van der Waals surface area (Å²) in [6.07, 6.45) is -0.0590. The van der Waals surface area contributed by atoms with Crippen molar-refractivity contribution in [1.29, 1.82) is 10.7 Å². The summed E-state index contributed by atoms with van der Waals surface area (Å²) in [5, 5.41) is 21.6. The SMILES string of the molecule is C.C.COC(=N)c1ccc(F)cc1.Cl.N#CCC(=O)CN.[C-]#[N+]Cc1nc(-c2ccc(F)cc2)n[nH]1. The number of ether oxygens (including phenoxy) is 1. The number of rotatable bonds is 5. The van der Waals surface area contributed by atoms with Crippen LogP contribution in [0.3, 0.4) is 0 Å². The van der Waals surface area contributed by atoms with Gasteiger partial charge in [-0.15, -0.1) is 12.4 Å². The van der Waals surface area contributed by atoms with Gasteiger partial charge in [0, 0.05) is 11.1 Å². The molecule has 194 valence electrons. The van der Waals surface area contributed by atoms with E-state index in [-0.39, 0.29) is 70.1 Å². The third-order valence-corrected chi connectivity index (χ3v) is 3.68. The summed E-state index contributed by atoms with van der Waals surface area (Å²) in [6.45, 7) is 6.82. The molecule has 3 aromatic rings. The first-order valence-corrected chi connectivity index (χ1v) is 9.32. The number of benzene rings is 2. The molecule has 0 radical (unpaired) electrons. The highest BCUT2D eigenvalue weighted by Crippen LogP contribution is 2.14. The molecule has 0 aliphatic rings. The summed E-state index contributed by atoms with van der Waals surface area (Å²) in [7, 11) is 1.41. The van der Waals surface area contributed by atoms with Crippen molar-refractivity contribution in [3.63, 3.8) is 0 Å². The fraction of sp³-hybridized carbons (Fsp3) is 0.250. The zero-order valence-electron chi connectivity index (χ0n) is 18.1. The van der Waals surface area contributed by atoms with Gasteiger partial charge in [-0.05, 0) is 48.5 Å². The van der Waals surface area contributed by atoms with Crippen LogP contribution >= 0.6 is 12.4 Å². The van der Waals surface area contributed by atoms with Crippen LogP contribution in [0.5, 0.6) is 0 Å². The highest BCUT2D eigenvalue weighted by Gasteiger charge is 2.06. The number of hydrogen-bond donors (Lipinski definition) is 3. The number of hydrogen-bond acceptors (Lipinski definition) is 7. The predicted octanol–water partition coefficient (Wildman–Crippen LogP) is 4.95. The maximum Gasteiger partial charge on any atom is 0.272 e. The topological polar surface area (TPSA) is 146 Å². The Labute approximate surface area is 216 Å². The molecule has 0 spiro atoms. The molecule has 12 heteroatoms. The minimum Gasteiger partial charge on any atom is -0.481 e. The molecular formula is C24H30ClF2N7O2. The monoisotopic (exact) mass is 521 g/mol. The second kappa shape index (κ2) is 20.2. The average molecular weight is 522 g/mol.